The first-order chi connectivity index (χ1) is 8.20. The molecule has 1 aliphatic heterocycles. The maximum absolute atomic E-state index is 5.67. The van der Waals surface area contributed by atoms with Crippen LogP contribution in [0.1, 0.15) is 17.5 Å². The quantitative estimate of drug-likeness (QED) is 0.842. The highest BCUT2D eigenvalue weighted by molar-refractivity contribution is 5.54. The number of likely N-dealkylation sites (N-methyl/N-ethyl adjacent to an activating group) is 1. The van der Waals surface area contributed by atoms with E-state index in [0.29, 0.717) is 6.54 Å². The van der Waals surface area contributed by atoms with Crippen LogP contribution in [0, 0.1) is 6.92 Å². The normalized spacial score (nSPS) is 18.2. The van der Waals surface area contributed by atoms with Gasteiger partial charge in [0.2, 0.25) is 0 Å². The van der Waals surface area contributed by atoms with E-state index in [2.05, 4.69) is 42.0 Å². The van der Waals surface area contributed by atoms with E-state index in [-0.39, 0.29) is 0 Å². The Labute approximate surface area is 104 Å². The number of anilines is 1. The molecule has 2 rings (SSSR count). The monoisotopic (exact) mass is 233 g/mol. The van der Waals surface area contributed by atoms with Crippen molar-refractivity contribution in [1.82, 2.24) is 4.90 Å². The van der Waals surface area contributed by atoms with Crippen LogP contribution in [0.4, 0.5) is 5.69 Å². The van der Waals surface area contributed by atoms with Gasteiger partial charge in [0.25, 0.3) is 0 Å². The van der Waals surface area contributed by atoms with E-state index < -0.39 is 0 Å². The molecular weight excluding hydrogens is 210 g/mol. The lowest BCUT2D eigenvalue weighted by Gasteiger charge is -2.25. The number of hydrogen-bond acceptors (Lipinski definition) is 3. The van der Waals surface area contributed by atoms with Gasteiger partial charge < -0.3 is 15.5 Å². The highest BCUT2D eigenvalue weighted by atomic mass is 15.2. The maximum Gasteiger partial charge on any atom is 0.0396 e. The van der Waals surface area contributed by atoms with Gasteiger partial charge in [-0.2, -0.15) is 0 Å². The molecule has 17 heavy (non-hydrogen) atoms. The van der Waals surface area contributed by atoms with E-state index in [1.165, 1.54) is 29.8 Å². The van der Waals surface area contributed by atoms with Crippen LogP contribution in [-0.2, 0) is 6.54 Å². The smallest absolute Gasteiger partial charge is 0.0396 e. The van der Waals surface area contributed by atoms with Gasteiger partial charge in [0, 0.05) is 31.9 Å². The van der Waals surface area contributed by atoms with E-state index in [9.17, 15) is 0 Å². The van der Waals surface area contributed by atoms with Crippen LogP contribution >= 0.6 is 0 Å². The molecule has 0 saturated carbocycles. The largest absolute Gasteiger partial charge is 0.370 e. The number of hydrogen-bond donors (Lipinski definition) is 1. The predicted octanol–water partition coefficient (Wildman–Crippen LogP) is 1.60. The third-order valence-electron chi connectivity index (χ3n) is 3.56. The summed E-state index contributed by atoms with van der Waals surface area (Å²) in [6.45, 7) is 7.45. The second-order valence-corrected chi connectivity index (χ2v) is 4.97. The molecule has 0 spiro atoms. The molecule has 94 valence electrons. The van der Waals surface area contributed by atoms with Crippen LogP contribution < -0.4 is 10.6 Å². The summed E-state index contributed by atoms with van der Waals surface area (Å²) in [5, 5.41) is 0. The third-order valence-corrected chi connectivity index (χ3v) is 3.56. The Kier molecular flexibility index (Phi) is 4.02. The average Bonchev–Trinajstić information content (AvgIpc) is 2.54. The molecule has 0 radical (unpaired) electrons. The van der Waals surface area contributed by atoms with E-state index in [4.69, 9.17) is 5.73 Å². The molecule has 0 aliphatic carbocycles. The van der Waals surface area contributed by atoms with Gasteiger partial charge in [-0.3, -0.25) is 0 Å². The van der Waals surface area contributed by atoms with Crippen LogP contribution in [0.15, 0.2) is 18.2 Å². The molecule has 1 saturated heterocycles. The topological polar surface area (TPSA) is 32.5 Å². The van der Waals surface area contributed by atoms with Crippen molar-refractivity contribution in [3.05, 3.63) is 29.3 Å². The second-order valence-electron chi connectivity index (χ2n) is 4.97. The zero-order valence-electron chi connectivity index (χ0n) is 10.9. The molecular formula is C14H23N3. The van der Waals surface area contributed by atoms with Gasteiger partial charge in [-0.25, -0.2) is 0 Å². The minimum absolute atomic E-state index is 0.629. The van der Waals surface area contributed by atoms with Crippen molar-refractivity contribution in [2.75, 3.05) is 38.1 Å². The minimum atomic E-state index is 0.629. The van der Waals surface area contributed by atoms with Crippen molar-refractivity contribution in [1.29, 1.82) is 0 Å². The fraction of sp³-hybridized carbons (Fsp3) is 0.571. The highest BCUT2D eigenvalue weighted by Gasteiger charge is 2.14. The molecule has 0 atom stereocenters. The molecule has 0 amide bonds. The lowest BCUT2D eigenvalue weighted by molar-refractivity contribution is 0.360. The van der Waals surface area contributed by atoms with Crippen LogP contribution in [-0.4, -0.2) is 38.1 Å². The van der Waals surface area contributed by atoms with E-state index >= 15 is 0 Å². The van der Waals surface area contributed by atoms with Crippen molar-refractivity contribution < 1.29 is 0 Å². The van der Waals surface area contributed by atoms with Gasteiger partial charge in [-0.1, -0.05) is 12.1 Å². The molecule has 3 nitrogen and oxygen atoms in total. The molecule has 1 aliphatic rings. The van der Waals surface area contributed by atoms with Crippen molar-refractivity contribution in [2.45, 2.75) is 19.9 Å². The minimum Gasteiger partial charge on any atom is -0.370 e. The SMILES string of the molecule is Cc1cc(CN)ccc1N1CCCN(C)CC1. The molecule has 0 bridgehead atoms. The van der Waals surface area contributed by atoms with Crippen LogP contribution in [0.5, 0.6) is 0 Å². The van der Waals surface area contributed by atoms with Crippen molar-refractivity contribution >= 4 is 5.69 Å². The number of nitrogens with two attached hydrogens (primary N) is 1. The highest BCUT2D eigenvalue weighted by Crippen LogP contribution is 2.22. The fourth-order valence-electron chi connectivity index (χ4n) is 2.49. The van der Waals surface area contributed by atoms with Crippen molar-refractivity contribution in [3.63, 3.8) is 0 Å². The summed E-state index contributed by atoms with van der Waals surface area (Å²) in [6.07, 6.45) is 1.24. The van der Waals surface area contributed by atoms with Gasteiger partial charge in [-0.05, 0) is 44.1 Å². The Balaban J connectivity index is 2.15. The predicted molar refractivity (Wildman–Crippen MR) is 73.4 cm³/mol. The summed E-state index contributed by atoms with van der Waals surface area (Å²) < 4.78 is 0. The number of benzene rings is 1. The van der Waals surface area contributed by atoms with Crippen LogP contribution in [0.2, 0.25) is 0 Å². The van der Waals surface area contributed by atoms with Crippen molar-refractivity contribution in [2.24, 2.45) is 5.73 Å². The summed E-state index contributed by atoms with van der Waals surface area (Å²) in [5.41, 5.74) is 9.61. The molecule has 1 fully saturated rings. The summed E-state index contributed by atoms with van der Waals surface area (Å²) in [5.74, 6) is 0. The zero-order chi connectivity index (χ0) is 12.3. The number of nitrogens with zero attached hydrogens (tertiary/aromatic N) is 2. The summed E-state index contributed by atoms with van der Waals surface area (Å²) >= 11 is 0. The van der Waals surface area contributed by atoms with Crippen LogP contribution in [0.25, 0.3) is 0 Å². The average molecular weight is 233 g/mol. The Morgan fingerprint density at radius 2 is 2.00 bits per heavy atom. The Morgan fingerprint density at radius 1 is 1.18 bits per heavy atom. The summed E-state index contributed by atoms with van der Waals surface area (Å²) in [6, 6.07) is 6.59. The fourth-order valence-corrected chi connectivity index (χ4v) is 2.49. The van der Waals surface area contributed by atoms with E-state index in [1.807, 2.05) is 0 Å². The van der Waals surface area contributed by atoms with E-state index in [1.54, 1.807) is 0 Å². The van der Waals surface area contributed by atoms with Crippen LogP contribution in [0.3, 0.4) is 0 Å². The second kappa shape index (κ2) is 5.52. The first-order valence-corrected chi connectivity index (χ1v) is 6.44. The summed E-state index contributed by atoms with van der Waals surface area (Å²) in [4.78, 5) is 4.91. The number of rotatable bonds is 2. The standard InChI is InChI=1S/C14H23N3/c1-12-10-13(11-15)4-5-14(12)17-7-3-6-16(2)8-9-17/h4-5,10H,3,6-9,11,15H2,1-2H3. The Bertz CT molecular complexity index is 376. The molecule has 1 heterocycles. The molecule has 2 N–H and O–H groups in total. The van der Waals surface area contributed by atoms with Gasteiger partial charge >= 0.3 is 0 Å². The lowest BCUT2D eigenvalue weighted by Crippen LogP contribution is -2.29. The molecule has 0 unspecified atom stereocenters. The Hall–Kier alpha value is -1.06. The third kappa shape index (κ3) is 2.99. The van der Waals surface area contributed by atoms with Gasteiger partial charge in [0.05, 0.1) is 0 Å². The van der Waals surface area contributed by atoms with Gasteiger partial charge in [0.15, 0.2) is 0 Å². The molecule has 3 heteroatoms. The van der Waals surface area contributed by atoms with Crippen molar-refractivity contribution in [3.8, 4) is 0 Å². The first kappa shape index (κ1) is 12.4. The lowest BCUT2D eigenvalue weighted by atomic mass is 10.1. The molecule has 1 aromatic rings. The van der Waals surface area contributed by atoms with E-state index in [0.717, 1.165) is 19.6 Å². The molecule has 1 aromatic carbocycles. The zero-order valence-corrected chi connectivity index (χ0v) is 10.9. The molecule has 0 aromatic heterocycles. The number of aryl methyl sites for hydroxylation is 1. The van der Waals surface area contributed by atoms with Gasteiger partial charge in [0.1, 0.15) is 0 Å². The Morgan fingerprint density at radius 3 is 2.71 bits per heavy atom. The maximum atomic E-state index is 5.67. The summed E-state index contributed by atoms with van der Waals surface area (Å²) in [7, 11) is 2.20. The first-order valence-electron chi connectivity index (χ1n) is 6.44. The van der Waals surface area contributed by atoms with Gasteiger partial charge in [-0.15, -0.1) is 0 Å².